The lowest BCUT2D eigenvalue weighted by molar-refractivity contribution is 0.793. The molecule has 3 N–H and O–H groups in total. The van der Waals surface area contributed by atoms with Gasteiger partial charge in [-0.2, -0.15) is 0 Å². The Balaban J connectivity index is 1.17. The first-order chi connectivity index (χ1) is 23.2. The number of nitrogens with two attached hydrogens (primary N) is 1. The van der Waals surface area contributed by atoms with E-state index in [1.165, 1.54) is 72.3 Å². The smallest absolute Gasteiger partial charge is 0.0726 e. The highest BCUT2D eigenvalue weighted by Gasteiger charge is 2.52. The molecule has 0 aromatic heterocycles. The molecule has 2 heteroatoms. The van der Waals surface area contributed by atoms with E-state index < -0.39 is 5.41 Å². The van der Waals surface area contributed by atoms with E-state index in [1.807, 2.05) is 0 Å². The number of fused-ring (bicyclic) bond motifs is 14. The molecule has 0 bridgehead atoms. The van der Waals surface area contributed by atoms with Gasteiger partial charge in [0.2, 0.25) is 0 Å². The number of anilines is 1. The van der Waals surface area contributed by atoms with Crippen LogP contribution in [0.15, 0.2) is 163 Å². The Morgan fingerprint density at radius 1 is 0.681 bits per heavy atom. The molecule has 0 aliphatic heterocycles. The SMILES string of the molecule is N/C(C1=CC=CCC1)=C1/C=CC=CC1Nc1ccc2c(c1)C1(c3ccccc3-2)c2ccccc2-c2c1ccc1c2Cc2ccccc2-1. The normalized spacial score (nSPS) is 21.4. The summed E-state index contributed by atoms with van der Waals surface area (Å²) in [7, 11) is 0. The molecule has 2 unspecified atom stereocenters. The summed E-state index contributed by atoms with van der Waals surface area (Å²) in [6.45, 7) is 0. The molecule has 0 radical (unpaired) electrons. The van der Waals surface area contributed by atoms with E-state index in [0.717, 1.165) is 36.2 Å². The van der Waals surface area contributed by atoms with Gasteiger partial charge in [-0.3, -0.25) is 0 Å². The van der Waals surface area contributed by atoms with E-state index in [9.17, 15) is 0 Å². The number of hydrogen-bond donors (Lipinski definition) is 2. The van der Waals surface area contributed by atoms with Gasteiger partial charge in [-0.05, 0) is 104 Å². The zero-order valence-corrected chi connectivity index (χ0v) is 26.1. The largest absolute Gasteiger partial charge is 0.398 e. The minimum atomic E-state index is -0.390. The minimum absolute atomic E-state index is 0.0190. The molecule has 0 saturated carbocycles. The van der Waals surface area contributed by atoms with Crippen molar-refractivity contribution in [1.82, 2.24) is 0 Å². The van der Waals surface area contributed by atoms with Crippen molar-refractivity contribution in [1.29, 1.82) is 0 Å². The maximum atomic E-state index is 6.84. The molecule has 10 rings (SSSR count). The van der Waals surface area contributed by atoms with Crippen molar-refractivity contribution in [2.45, 2.75) is 30.7 Å². The van der Waals surface area contributed by atoms with Crippen LogP contribution in [0.3, 0.4) is 0 Å². The Kier molecular flexibility index (Phi) is 5.63. The second kappa shape index (κ2) is 9.95. The third-order valence-corrected chi connectivity index (χ3v) is 11.1. The van der Waals surface area contributed by atoms with Crippen molar-refractivity contribution in [3.63, 3.8) is 0 Å². The quantitative estimate of drug-likeness (QED) is 0.211. The molecule has 0 amide bonds. The molecule has 5 aliphatic rings. The molecule has 224 valence electrons. The van der Waals surface area contributed by atoms with Gasteiger partial charge in [-0.1, -0.05) is 134 Å². The minimum Gasteiger partial charge on any atom is -0.398 e. The Hall–Kier alpha value is -5.60. The summed E-state index contributed by atoms with van der Waals surface area (Å²) in [5.41, 5.74) is 27.3. The summed E-state index contributed by atoms with van der Waals surface area (Å²) < 4.78 is 0. The van der Waals surface area contributed by atoms with E-state index >= 15 is 0 Å². The third kappa shape index (κ3) is 3.61. The topological polar surface area (TPSA) is 38.0 Å². The molecule has 5 aliphatic carbocycles. The van der Waals surface area contributed by atoms with Crippen molar-refractivity contribution in [3.05, 3.63) is 196 Å². The fraction of sp³-hybridized carbons (Fsp3) is 0.111. The molecule has 1 spiro atoms. The average molecular weight is 603 g/mol. The summed E-state index contributed by atoms with van der Waals surface area (Å²) in [5.74, 6) is 0. The molecule has 0 heterocycles. The number of benzene rings is 5. The Morgan fingerprint density at radius 3 is 2.28 bits per heavy atom. The number of allylic oxidation sites excluding steroid dienone is 6. The molecule has 5 aromatic carbocycles. The van der Waals surface area contributed by atoms with Crippen LogP contribution in [0.5, 0.6) is 0 Å². The van der Waals surface area contributed by atoms with Crippen LogP contribution in [0.25, 0.3) is 33.4 Å². The number of hydrogen-bond acceptors (Lipinski definition) is 2. The van der Waals surface area contributed by atoms with Gasteiger partial charge in [0.25, 0.3) is 0 Å². The van der Waals surface area contributed by atoms with Gasteiger partial charge in [0.1, 0.15) is 0 Å². The third-order valence-electron chi connectivity index (χ3n) is 11.1. The fourth-order valence-corrected chi connectivity index (χ4v) is 9.07. The first kappa shape index (κ1) is 26.6. The lowest BCUT2D eigenvalue weighted by Gasteiger charge is -2.31. The monoisotopic (exact) mass is 602 g/mol. The predicted octanol–water partition coefficient (Wildman–Crippen LogP) is 10.00. The van der Waals surface area contributed by atoms with Crippen LogP contribution in [0, 0.1) is 0 Å². The zero-order valence-electron chi connectivity index (χ0n) is 26.1. The Labute approximate surface area is 276 Å². The van der Waals surface area contributed by atoms with E-state index in [4.69, 9.17) is 5.73 Å². The maximum Gasteiger partial charge on any atom is 0.0726 e. The van der Waals surface area contributed by atoms with Crippen LogP contribution in [0.4, 0.5) is 5.69 Å². The van der Waals surface area contributed by atoms with Gasteiger partial charge in [0.05, 0.1) is 11.5 Å². The van der Waals surface area contributed by atoms with E-state index in [-0.39, 0.29) is 6.04 Å². The maximum absolute atomic E-state index is 6.84. The van der Waals surface area contributed by atoms with Crippen molar-refractivity contribution < 1.29 is 0 Å². The highest BCUT2D eigenvalue weighted by atomic mass is 14.9. The summed E-state index contributed by atoms with van der Waals surface area (Å²) in [5, 5.41) is 3.89. The van der Waals surface area contributed by atoms with Crippen molar-refractivity contribution >= 4 is 5.69 Å². The van der Waals surface area contributed by atoms with Gasteiger partial charge in [0, 0.05) is 17.0 Å². The lowest BCUT2D eigenvalue weighted by atomic mass is 9.70. The predicted molar refractivity (Wildman–Crippen MR) is 194 cm³/mol. The molecular weight excluding hydrogens is 569 g/mol. The average Bonchev–Trinajstić information content (AvgIpc) is 3.76. The Morgan fingerprint density at radius 2 is 1.43 bits per heavy atom. The van der Waals surface area contributed by atoms with Gasteiger partial charge in [-0.15, -0.1) is 0 Å². The summed E-state index contributed by atoms with van der Waals surface area (Å²) in [6.07, 6.45) is 18.1. The molecule has 5 aromatic rings. The Bertz CT molecular complexity index is 2330. The van der Waals surface area contributed by atoms with Gasteiger partial charge >= 0.3 is 0 Å². The van der Waals surface area contributed by atoms with Crippen LogP contribution in [-0.4, -0.2) is 6.04 Å². The van der Waals surface area contributed by atoms with Crippen molar-refractivity contribution in [2.75, 3.05) is 5.32 Å². The van der Waals surface area contributed by atoms with Gasteiger partial charge < -0.3 is 11.1 Å². The second-order valence-corrected chi connectivity index (χ2v) is 13.3. The lowest BCUT2D eigenvalue weighted by Crippen LogP contribution is -2.27. The van der Waals surface area contributed by atoms with Gasteiger partial charge in [0.15, 0.2) is 0 Å². The summed E-state index contributed by atoms with van der Waals surface area (Å²) >= 11 is 0. The van der Waals surface area contributed by atoms with Crippen LogP contribution < -0.4 is 11.1 Å². The van der Waals surface area contributed by atoms with Crippen LogP contribution in [0.1, 0.15) is 46.2 Å². The van der Waals surface area contributed by atoms with Crippen molar-refractivity contribution in [3.8, 4) is 33.4 Å². The second-order valence-electron chi connectivity index (χ2n) is 13.3. The molecule has 47 heavy (non-hydrogen) atoms. The fourth-order valence-electron chi connectivity index (χ4n) is 9.07. The zero-order chi connectivity index (χ0) is 31.1. The molecule has 2 atom stereocenters. The van der Waals surface area contributed by atoms with Crippen LogP contribution >= 0.6 is 0 Å². The van der Waals surface area contributed by atoms with E-state index in [0.29, 0.717) is 0 Å². The number of rotatable bonds is 3. The highest BCUT2D eigenvalue weighted by Crippen LogP contribution is 2.64. The number of nitrogens with one attached hydrogen (secondary N) is 1. The van der Waals surface area contributed by atoms with Crippen molar-refractivity contribution in [2.24, 2.45) is 5.73 Å². The molecular formula is C45H34N2. The molecule has 0 fully saturated rings. The molecule has 2 nitrogen and oxygen atoms in total. The first-order valence-electron chi connectivity index (χ1n) is 16.8. The summed E-state index contributed by atoms with van der Waals surface area (Å²) in [6, 6.07) is 39.0. The summed E-state index contributed by atoms with van der Waals surface area (Å²) in [4.78, 5) is 0. The van der Waals surface area contributed by atoms with Crippen LogP contribution in [-0.2, 0) is 11.8 Å². The molecule has 0 saturated heterocycles. The van der Waals surface area contributed by atoms with Gasteiger partial charge in [-0.25, -0.2) is 0 Å². The highest BCUT2D eigenvalue weighted by molar-refractivity contribution is 5.99. The van der Waals surface area contributed by atoms with E-state index in [1.54, 1.807) is 0 Å². The standard InChI is InChI=1S/C45H34N2/c46-44(28-12-2-1-3-13-28)36-18-8-11-21-42(36)47-30-22-23-34-33-16-6-9-19-38(33)45(41(34)27-30)39-20-10-7-17-35(39)43-37-26-29-14-4-5-15-31(29)32(37)24-25-40(43)45/h1-2,4-12,14-25,27,42,47H,3,13,26,46H2/b44-36-. The van der Waals surface area contributed by atoms with Crippen LogP contribution in [0.2, 0.25) is 0 Å². The van der Waals surface area contributed by atoms with E-state index in [2.05, 4.69) is 151 Å². The first-order valence-corrected chi connectivity index (χ1v) is 16.8.